The summed E-state index contributed by atoms with van der Waals surface area (Å²) in [6, 6.07) is 18.8. The Labute approximate surface area is 166 Å². The average Bonchev–Trinajstić information content (AvgIpc) is 2.64. The second kappa shape index (κ2) is 10.3. The summed E-state index contributed by atoms with van der Waals surface area (Å²) in [6.07, 6.45) is -0.500. The van der Waals surface area contributed by atoms with E-state index in [-0.39, 0.29) is 19.2 Å². The molecule has 2 rings (SSSR count). The highest BCUT2D eigenvalue weighted by Crippen LogP contribution is 2.08. The van der Waals surface area contributed by atoms with Crippen LogP contribution in [0.25, 0.3) is 0 Å². The first-order valence-electron chi connectivity index (χ1n) is 9.30. The van der Waals surface area contributed by atoms with E-state index in [1.807, 2.05) is 60.7 Å². The molecule has 0 bridgehead atoms. The number of ether oxygens (including phenoxy) is 2. The van der Waals surface area contributed by atoms with E-state index in [9.17, 15) is 9.59 Å². The summed E-state index contributed by atoms with van der Waals surface area (Å²) in [5.41, 5.74) is 1.36. The molecule has 1 atom stereocenters. The van der Waals surface area contributed by atoms with Crippen LogP contribution in [0.3, 0.4) is 0 Å². The Balaban J connectivity index is 1.88. The minimum atomic E-state index is -0.594. The summed E-state index contributed by atoms with van der Waals surface area (Å²) in [6.45, 7) is 5.82. The lowest BCUT2D eigenvalue weighted by Crippen LogP contribution is -2.46. The molecule has 6 heteroatoms. The van der Waals surface area contributed by atoms with Crippen molar-refractivity contribution in [2.45, 2.75) is 45.4 Å². The van der Waals surface area contributed by atoms with E-state index in [1.165, 1.54) is 0 Å². The first-order chi connectivity index (χ1) is 13.3. The van der Waals surface area contributed by atoms with Crippen molar-refractivity contribution in [3.63, 3.8) is 0 Å². The smallest absolute Gasteiger partial charge is 0.407 e. The monoisotopic (exact) mass is 384 g/mol. The van der Waals surface area contributed by atoms with E-state index in [0.717, 1.165) is 11.1 Å². The van der Waals surface area contributed by atoms with Crippen molar-refractivity contribution in [3.05, 3.63) is 71.8 Å². The van der Waals surface area contributed by atoms with E-state index in [2.05, 4.69) is 10.6 Å². The zero-order chi connectivity index (χ0) is 20.4. The van der Waals surface area contributed by atoms with Crippen molar-refractivity contribution >= 4 is 12.2 Å². The van der Waals surface area contributed by atoms with E-state index in [4.69, 9.17) is 9.47 Å². The SMILES string of the molecule is CC(C)(C)OC(=O)N[C@@H](CNC(=O)OCc1ccccc1)Cc1ccccc1. The van der Waals surface area contributed by atoms with Gasteiger partial charge in [-0.25, -0.2) is 9.59 Å². The van der Waals surface area contributed by atoms with E-state index >= 15 is 0 Å². The number of hydrogen-bond acceptors (Lipinski definition) is 4. The molecule has 2 aromatic rings. The van der Waals surface area contributed by atoms with Gasteiger partial charge in [-0.15, -0.1) is 0 Å². The number of amides is 2. The second-order valence-corrected chi connectivity index (χ2v) is 7.48. The number of nitrogens with one attached hydrogen (secondary N) is 2. The molecule has 2 N–H and O–H groups in total. The van der Waals surface area contributed by atoms with Crippen LogP contribution in [0.5, 0.6) is 0 Å². The molecule has 2 aromatic carbocycles. The standard InChI is InChI=1S/C22H28N2O4/c1-22(2,3)28-21(26)24-19(14-17-10-6-4-7-11-17)15-23-20(25)27-16-18-12-8-5-9-13-18/h4-13,19H,14-16H2,1-3H3,(H,23,25)(H,24,26)/t19-/m1/s1. The van der Waals surface area contributed by atoms with Crippen LogP contribution >= 0.6 is 0 Å². The highest BCUT2D eigenvalue weighted by atomic mass is 16.6. The maximum absolute atomic E-state index is 12.1. The molecule has 0 heterocycles. The summed E-state index contributed by atoms with van der Waals surface area (Å²) < 4.78 is 10.5. The Morgan fingerprint density at radius 3 is 2.04 bits per heavy atom. The zero-order valence-electron chi connectivity index (χ0n) is 16.6. The molecule has 0 fully saturated rings. The fourth-order valence-electron chi connectivity index (χ4n) is 2.53. The molecular weight excluding hydrogens is 356 g/mol. The van der Waals surface area contributed by atoms with E-state index in [1.54, 1.807) is 20.8 Å². The Kier molecular flexibility index (Phi) is 7.87. The molecule has 0 aliphatic carbocycles. The topological polar surface area (TPSA) is 76.7 Å². The van der Waals surface area contributed by atoms with Gasteiger partial charge in [-0.05, 0) is 38.3 Å². The number of hydrogen-bond donors (Lipinski definition) is 2. The van der Waals surface area contributed by atoms with Gasteiger partial charge in [-0.1, -0.05) is 60.7 Å². The van der Waals surface area contributed by atoms with Crippen molar-refractivity contribution in [1.82, 2.24) is 10.6 Å². The van der Waals surface area contributed by atoms with E-state index in [0.29, 0.717) is 6.42 Å². The lowest BCUT2D eigenvalue weighted by molar-refractivity contribution is 0.0502. The number of carbonyl (C=O) groups excluding carboxylic acids is 2. The number of carbonyl (C=O) groups is 2. The minimum absolute atomic E-state index is 0.190. The van der Waals surface area contributed by atoms with Crippen LogP contribution < -0.4 is 10.6 Å². The van der Waals surface area contributed by atoms with Gasteiger partial charge in [0.2, 0.25) is 0 Å². The third-order valence-corrected chi connectivity index (χ3v) is 3.75. The molecule has 2 amide bonds. The normalized spacial score (nSPS) is 12.0. The molecule has 6 nitrogen and oxygen atoms in total. The first kappa shape index (κ1) is 21.3. The zero-order valence-corrected chi connectivity index (χ0v) is 16.6. The van der Waals surface area contributed by atoms with Crippen LogP contribution in [0, 0.1) is 0 Å². The van der Waals surface area contributed by atoms with E-state index < -0.39 is 17.8 Å². The predicted molar refractivity (Wildman–Crippen MR) is 108 cm³/mol. The van der Waals surface area contributed by atoms with Crippen molar-refractivity contribution in [3.8, 4) is 0 Å². The van der Waals surface area contributed by atoms with Gasteiger partial charge in [0.1, 0.15) is 12.2 Å². The van der Waals surface area contributed by atoms with Gasteiger partial charge in [-0.3, -0.25) is 0 Å². The van der Waals surface area contributed by atoms with Gasteiger partial charge in [0, 0.05) is 6.54 Å². The first-order valence-corrected chi connectivity index (χ1v) is 9.30. The van der Waals surface area contributed by atoms with Crippen LogP contribution in [0.4, 0.5) is 9.59 Å². The molecule has 0 spiro atoms. The average molecular weight is 384 g/mol. The molecule has 0 radical (unpaired) electrons. The third-order valence-electron chi connectivity index (χ3n) is 3.75. The van der Waals surface area contributed by atoms with Crippen LogP contribution in [0.15, 0.2) is 60.7 Å². The summed E-state index contributed by atoms with van der Waals surface area (Å²) in [7, 11) is 0. The van der Waals surface area contributed by atoms with Crippen LogP contribution in [-0.4, -0.2) is 30.4 Å². The third kappa shape index (κ3) is 8.58. The van der Waals surface area contributed by atoms with Crippen molar-refractivity contribution in [2.24, 2.45) is 0 Å². The lowest BCUT2D eigenvalue weighted by atomic mass is 10.1. The largest absolute Gasteiger partial charge is 0.445 e. The molecule has 0 aromatic heterocycles. The van der Waals surface area contributed by atoms with Gasteiger partial charge in [0.25, 0.3) is 0 Å². The molecule has 28 heavy (non-hydrogen) atoms. The quantitative estimate of drug-likeness (QED) is 0.755. The molecule has 0 saturated carbocycles. The van der Waals surface area contributed by atoms with Gasteiger partial charge >= 0.3 is 12.2 Å². The molecule has 0 aliphatic heterocycles. The number of alkyl carbamates (subject to hydrolysis) is 2. The van der Waals surface area contributed by atoms with Gasteiger partial charge < -0.3 is 20.1 Å². The molecule has 0 unspecified atom stereocenters. The highest BCUT2D eigenvalue weighted by molar-refractivity contribution is 5.69. The molecule has 0 saturated heterocycles. The van der Waals surface area contributed by atoms with Gasteiger partial charge in [-0.2, -0.15) is 0 Å². The van der Waals surface area contributed by atoms with Crippen LogP contribution in [0.1, 0.15) is 31.9 Å². The Hall–Kier alpha value is -3.02. The summed E-state index contributed by atoms with van der Waals surface area (Å²) in [5, 5.41) is 5.53. The highest BCUT2D eigenvalue weighted by Gasteiger charge is 2.20. The Morgan fingerprint density at radius 1 is 0.893 bits per heavy atom. The summed E-state index contributed by atoms with van der Waals surface area (Å²) in [5.74, 6) is 0. The molecule has 0 aliphatic rings. The second-order valence-electron chi connectivity index (χ2n) is 7.48. The molecule has 150 valence electrons. The lowest BCUT2D eigenvalue weighted by Gasteiger charge is -2.24. The van der Waals surface area contributed by atoms with Crippen molar-refractivity contribution in [1.29, 1.82) is 0 Å². The van der Waals surface area contributed by atoms with Gasteiger partial charge in [0.15, 0.2) is 0 Å². The maximum atomic E-state index is 12.1. The number of rotatable bonds is 7. The number of benzene rings is 2. The van der Waals surface area contributed by atoms with Crippen LogP contribution in [-0.2, 0) is 22.5 Å². The van der Waals surface area contributed by atoms with Gasteiger partial charge in [0.05, 0.1) is 6.04 Å². The van der Waals surface area contributed by atoms with Crippen LogP contribution in [0.2, 0.25) is 0 Å². The summed E-state index contributed by atoms with van der Waals surface area (Å²) in [4.78, 5) is 24.1. The predicted octanol–water partition coefficient (Wildman–Crippen LogP) is 4.05. The fourth-order valence-corrected chi connectivity index (χ4v) is 2.53. The Bertz CT molecular complexity index is 742. The fraction of sp³-hybridized carbons (Fsp3) is 0.364. The summed E-state index contributed by atoms with van der Waals surface area (Å²) >= 11 is 0. The maximum Gasteiger partial charge on any atom is 0.407 e. The van der Waals surface area contributed by atoms with Crippen molar-refractivity contribution < 1.29 is 19.1 Å². The Morgan fingerprint density at radius 2 is 1.46 bits per heavy atom. The minimum Gasteiger partial charge on any atom is -0.445 e. The molecular formula is C22H28N2O4. The van der Waals surface area contributed by atoms with Crippen molar-refractivity contribution in [2.75, 3.05) is 6.54 Å².